The fraction of sp³-hybridized carbons (Fsp3) is 0.345. The number of carbonyl (C=O) groups is 1. The van der Waals surface area contributed by atoms with Crippen LogP contribution in [0.15, 0.2) is 53.4 Å². The summed E-state index contributed by atoms with van der Waals surface area (Å²) in [6.45, 7) is 6.68. The van der Waals surface area contributed by atoms with Gasteiger partial charge in [0.25, 0.3) is 0 Å². The Kier molecular flexibility index (Phi) is 8.34. The number of thioether (sulfide) groups is 1. The Balaban J connectivity index is 1.51. The molecule has 4 rings (SSSR count). The zero-order valence-corrected chi connectivity index (χ0v) is 22.9. The lowest BCUT2D eigenvalue weighted by molar-refractivity contribution is 0.0258. The second-order valence-corrected chi connectivity index (χ2v) is 11.3. The number of benzene rings is 3. The average Bonchev–Trinajstić information content (AvgIpc) is 3.05. The zero-order valence-electron chi connectivity index (χ0n) is 21.4. The van der Waals surface area contributed by atoms with Crippen LogP contribution in [0.3, 0.4) is 0 Å². The Morgan fingerprint density at radius 1 is 1.03 bits per heavy atom. The molecule has 0 fully saturated rings. The lowest BCUT2D eigenvalue weighted by atomic mass is 10.0. The monoisotopic (exact) mass is 545 g/mol. The molecular weight excluding hydrogens is 516 g/mol. The predicted molar refractivity (Wildman–Crippen MR) is 145 cm³/mol. The van der Waals surface area contributed by atoms with Crippen molar-refractivity contribution in [1.82, 2.24) is 4.90 Å². The number of rotatable bonds is 5. The molecule has 0 unspecified atom stereocenters. The van der Waals surface area contributed by atoms with Gasteiger partial charge in [-0.1, -0.05) is 29.8 Å². The Bertz CT molecular complexity index is 1310. The lowest BCUT2D eigenvalue weighted by Gasteiger charge is -2.26. The third-order valence-electron chi connectivity index (χ3n) is 6.11. The molecule has 1 amide bonds. The normalized spacial score (nSPS) is 13.6. The van der Waals surface area contributed by atoms with Gasteiger partial charge in [0.05, 0.1) is 12.1 Å². The first-order valence-electron chi connectivity index (χ1n) is 12.1. The molecule has 196 valence electrons. The van der Waals surface area contributed by atoms with E-state index in [0.29, 0.717) is 48.0 Å². The van der Waals surface area contributed by atoms with Crippen molar-refractivity contribution >= 4 is 29.5 Å². The van der Waals surface area contributed by atoms with Gasteiger partial charge in [-0.3, -0.25) is 0 Å². The molecule has 3 aromatic rings. The van der Waals surface area contributed by atoms with Gasteiger partial charge in [-0.15, -0.1) is 11.8 Å². The minimum atomic E-state index is -0.550. The molecule has 4 nitrogen and oxygen atoms in total. The summed E-state index contributed by atoms with van der Waals surface area (Å²) in [5.41, 5.74) is 3.14. The summed E-state index contributed by atoms with van der Waals surface area (Å²) >= 11 is 8.15. The Hall–Kier alpha value is -2.77. The topological polar surface area (TPSA) is 38.8 Å². The Morgan fingerprint density at radius 2 is 1.78 bits per heavy atom. The van der Waals surface area contributed by atoms with Crippen LogP contribution in [0.25, 0.3) is 11.1 Å². The molecule has 1 aliphatic heterocycles. The number of hydrogen-bond acceptors (Lipinski definition) is 4. The quantitative estimate of drug-likeness (QED) is 0.305. The molecule has 1 aliphatic rings. The standard InChI is InChI=1S/C29H30ClF2NO3S/c1-29(2,3)36-28(34)33-13-11-19-6-9-24(30)27(21(19)12-14-33)37-17-18-5-8-22(25(32)15-18)23-16-20(31)7-10-26(23)35-4/h5-10,15-16H,11-14,17H2,1-4H3. The van der Waals surface area contributed by atoms with Gasteiger partial charge in [-0.2, -0.15) is 0 Å². The molecule has 37 heavy (non-hydrogen) atoms. The molecule has 0 N–H and O–H groups in total. The van der Waals surface area contributed by atoms with Crippen molar-refractivity contribution in [2.24, 2.45) is 0 Å². The fourth-order valence-corrected chi connectivity index (χ4v) is 5.79. The van der Waals surface area contributed by atoms with Crippen LogP contribution in [0.4, 0.5) is 13.6 Å². The number of carbonyl (C=O) groups excluding carboxylic acids is 1. The van der Waals surface area contributed by atoms with Crippen molar-refractivity contribution in [1.29, 1.82) is 0 Å². The van der Waals surface area contributed by atoms with Crippen LogP contribution >= 0.6 is 23.4 Å². The van der Waals surface area contributed by atoms with Crippen LogP contribution in [0.5, 0.6) is 5.75 Å². The smallest absolute Gasteiger partial charge is 0.410 e. The second-order valence-electron chi connectivity index (χ2n) is 9.93. The largest absolute Gasteiger partial charge is 0.496 e. The van der Waals surface area contributed by atoms with Gasteiger partial charge >= 0.3 is 6.09 Å². The highest BCUT2D eigenvalue weighted by atomic mass is 35.5. The highest BCUT2D eigenvalue weighted by Crippen LogP contribution is 2.38. The van der Waals surface area contributed by atoms with Gasteiger partial charge in [-0.05, 0) is 80.6 Å². The summed E-state index contributed by atoms with van der Waals surface area (Å²) in [7, 11) is 1.47. The molecule has 0 aromatic heterocycles. The molecule has 0 spiro atoms. The Morgan fingerprint density at radius 3 is 2.49 bits per heavy atom. The van der Waals surface area contributed by atoms with Gasteiger partial charge in [0.1, 0.15) is 23.0 Å². The molecule has 0 saturated heterocycles. The van der Waals surface area contributed by atoms with E-state index < -0.39 is 17.2 Å². The maximum atomic E-state index is 15.1. The lowest BCUT2D eigenvalue weighted by Crippen LogP contribution is -2.38. The van der Waals surface area contributed by atoms with E-state index in [1.807, 2.05) is 39.0 Å². The first-order chi connectivity index (χ1) is 17.6. The third kappa shape index (κ3) is 6.57. The molecular formula is C29H30ClF2NO3S. The highest BCUT2D eigenvalue weighted by Gasteiger charge is 2.26. The summed E-state index contributed by atoms with van der Waals surface area (Å²) in [5.74, 6) is -0.00207. The van der Waals surface area contributed by atoms with Crippen molar-refractivity contribution < 1.29 is 23.0 Å². The van der Waals surface area contributed by atoms with E-state index in [9.17, 15) is 9.18 Å². The molecule has 0 bridgehead atoms. The molecule has 0 atom stereocenters. The Labute approximate surface area is 225 Å². The van der Waals surface area contributed by atoms with Gasteiger partial charge in [0.15, 0.2) is 0 Å². The van der Waals surface area contributed by atoms with Crippen LogP contribution < -0.4 is 4.74 Å². The summed E-state index contributed by atoms with van der Waals surface area (Å²) in [6.07, 6.45) is 1.05. The van der Waals surface area contributed by atoms with E-state index in [-0.39, 0.29) is 11.7 Å². The first kappa shape index (κ1) is 27.3. The van der Waals surface area contributed by atoms with E-state index in [4.69, 9.17) is 21.1 Å². The maximum absolute atomic E-state index is 15.1. The van der Waals surface area contributed by atoms with Gasteiger partial charge in [0.2, 0.25) is 0 Å². The fourth-order valence-electron chi connectivity index (χ4n) is 4.34. The van der Waals surface area contributed by atoms with Crippen molar-refractivity contribution in [2.45, 2.75) is 49.9 Å². The van der Waals surface area contributed by atoms with Crippen LogP contribution in [-0.4, -0.2) is 36.8 Å². The van der Waals surface area contributed by atoms with E-state index in [2.05, 4.69) is 0 Å². The summed E-state index contributed by atoms with van der Waals surface area (Å²) in [5, 5.41) is 0.635. The number of nitrogens with zero attached hydrogens (tertiary/aromatic N) is 1. The van der Waals surface area contributed by atoms with Crippen LogP contribution in [0.1, 0.15) is 37.5 Å². The molecule has 1 heterocycles. The first-order valence-corrected chi connectivity index (χ1v) is 13.5. The minimum Gasteiger partial charge on any atom is -0.496 e. The summed E-state index contributed by atoms with van der Waals surface area (Å²) < 4.78 is 39.7. The number of fused-ring (bicyclic) bond motifs is 1. The summed E-state index contributed by atoms with van der Waals surface area (Å²) in [4.78, 5) is 15.3. The van der Waals surface area contributed by atoms with E-state index in [1.54, 1.807) is 22.7 Å². The van der Waals surface area contributed by atoms with Crippen LogP contribution in [-0.2, 0) is 23.3 Å². The van der Waals surface area contributed by atoms with Gasteiger partial charge in [-0.25, -0.2) is 13.6 Å². The predicted octanol–water partition coefficient (Wildman–Crippen LogP) is 7.92. The van der Waals surface area contributed by atoms with Crippen LogP contribution in [0.2, 0.25) is 5.02 Å². The minimum absolute atomic E-state index is 0.277. The molecule has 0 saturated carbocycles. The van der Waals surface area contributed by atoms with Crippen molar-refractivity contribution in [3.8, 4) is 16.9 Å². The molecule has 8 heteroatoms. The average molecular weight is 546 g/mol. The number of ether oxygens (including phenoxy) is 2. The van der Waals surface area contributed by atoms with Crippen molar-refractivity contribution in [3.05, 3.63) is 81.9 Å². The molecule has 0 aliphatic carbocycles. The highest BCUT2D eigenvalue weighted by molar-refractivity contribution is 7.98. The summed E-state index contributed by atoms with van der Waals surface area (Å²) in [6, 6.07) is 12.9. The third-order valence-corrected chi connectivity index (χ3v) is 7.77. The molecule has 3 aromatic carbocycles. The maximum Gasteiger partial charge on any atom is 0.410 e. The van der Waals surface area contributed by atoms with Crippen LogP contribution in [0, 0.1) is 11.6 Å². The SMILES string of the molecule is COc1ccc(F)cc1-c1ccc(CSc2c(Cl)ccc3c2CCN(C(=O)OC(C)(C)C)CC3)cc1F. The van der Waals surface area contributed by atoms with E-state index in [0.717, 1.165) is 21.6 Å². The van der Waals surface area contributed by atoms with E-state index in [1.165, 1.54) is 31.4 Å². The number of hydrogen-bond donors (Lipinski definition) is 0. The second kappa shape index (κ2) is 11.3. The van der Waals surface area contributed by atoms with Crippen molar-refractivity contribution in [2.75, 3.05) is 20.2 Å². The van der Waals surface area contributed by atoms with Gasteiger partial charge < -0.3 is 14.4 Å². The number of amides is 1. The zero-order chi connectivity index (χ0) is 26.7. The number of methoxy groups -OCH3 is 1. The van der Waals surface area contributed by atoms with E-state index >= 15 is 4.39 Å². The molecule has 0 radical (unpaired) electrons. The van der Waals surface area contributed by atoms with Crippen molar-refractivity contribution in [3.63, 3.8) is 0 Å². The van der Waals surface area contributed by atoms with Gasteiger partial charge in [0, 0.05) is 34.9 Å². The number of halogens is 3.